The lowest BCUT2D eigenvalue weighted by Crippen LogP contribution is -2.47. The molecule has 4 rings (SSSR count). The Morgan fingerprint density at radius 2 is 1.51 bits per heavy atom. The van der Waals surface area contributed by atoms with E-state index in [0.29, 0.717) is 19.4 Å². The highest BCUT2D eigenvalue weighted by Gasteiger charge is 2.29. The molecule has 2 amide bonds. The molecule has 0 saturated carbocycles. The van der Waals surface area contributed by atoms with Crippen LogP contribution in [0.25, 0.3) is 11.1 Å². The van der Waals surface area contributed by atoms with Gasteiger partial charge in [-0.05, 0) is 52.8 Å². The molecule has 3 aromatic rings. The quantitative estimate of drug-likeness (QED) is 0.429. The average molecular weight is 473 g/mol. The first-order valence-electron chi connectivity index (χ1n) is 11.7. The van der Waals surface area contributed by atoms with Gasteiger partial charge in [-0.2, -0.15) is 0 Å². The number of carboxylic acid groups (broad SMARTS) is 1. The maximum Gasteiger partial charge on any atom is 0.407 e. The summed E-state index contributed by atoms with van der Waals surface area (Å²) in [5, 5.41) is 14.5. The third kappa shape index (κ3) is 5.51. The molecule has 0 bridgehead atoms. The van der Waals surface area contributed by atoms with E-state index in [1.807, 2.05) is 31.2 Å². The van der Waals surface area contributed by atoms with Crippen molar-refractivity contribution in [1.29, 1.82) is 0 Å². The Kier molecular flexibility index (Phi) is 7.45. The van der Waals surface area contributed by atoms with Crippen LogP contribution in [-0.2, 0) is 16.0 Å². The standard InChI is InChI=1S/C28H28N2O5/c1-2-25(26(31)29-16-15-18-11-13-19(14-12-18)27(32)33)30-28(34)35-17-24-22-9-5-3-7-20(22)21-8-4-6-10-23(21)24/h3-14,24-25H,2,15-17H2,1H3,(H,29,31)(H,30,34)(H,32,33). The Morgan fingerprint density at radius 1 is 0.914 bits per heavy atom. The molecular formula is C28H28N2O5. The van der Waals surface area contributed by atoms with Gasteiger partial charge >= 0.3 is 12.1 Å². The number of carbonyl (C=O) groups excluding carboxylic acids is 2. The number of nitrogens with one attached hydrogen (secondary N) is 2. The van der Waals surface area contributed by atoms with Crippen molar-refractivity contribution in [2.75, 3.05) is 13.2 Å². The number of hydrogen-bond donors (Lipinski definition) is 3. The monoisotopic (exact) mass is 472 g/mol. The van der Waals surface area contributed by atoms with E-state index in [1.165, 1.54) is 12.1 Å². The highest BCUT2D eigenvalue weighted by molar-refractivity contribution is 5.87. The van der Waals surface area contributed by atoms with Gasteiger partial charge in [-0.3, -0.25) is 4.79 Å². The van der Waals surface area contributed by atoms with Crippen LogP contribution in [0.15, 0.2) is 72.8 Å². The lowest BCUT2D eigenvalue weighted by molar-refractivity contribution is -0.123. The highest BCUT2D eigenvalue weighted by Crippen LogP contribution is 2.44. The average Bonchev–Trinajstić information content (AvgIpc) is 3.20. The Morgan fingerprint density at radius 3 is 2.09 bits per heavy atom. The van der Waals surface area contributed by atoms with Crippen LogP contribution in [0.3, 0.4) is 0 Å². The molecule has 1 aliphatic carbocycles. The zero-order chi connectivity index (χ0) is 24.8. The summed E-state index contributed by atoms with van der Waals surface area (Å²) < 4.78 is 5.55. The number of carboxylic acids is 1. The largest absolute Gasteiger partial charge is 0.478 e. The summed E-state index contributed by atoms with van der Waals surface area (Å²) >= 11 is 0. The first-order valence-corrected chi connectivity index (χ1v) is 11.7. The third-order valence-corrected chi connectivity index (χ3v) is 6.27. The number of rotatable bonds is 9. The van der Waals surface area contributed by atoms with Crippen LogP contribution >= 0.6 is 0 Å². The zero-order valence-corrected chi connectivity index (χ0v) is 19.5. The third-order valence-electron chi connectivity index (χ3n) is 6.27. The molecule has 0 aromatic heterocycles. The minimum atomic E-state index is -0.977. The second-order valence-electron chi connectivity index (χ2n) is 8.47. The topological polar surface area (TPSA) is 105 Å². The minimum Gasteiger partial charge on any atom is -0.478 e. The van der Waals surface area contributed by atoms with Gasteiger partial charge in [0.1, 0.15) is 12.6 Å². The number of carbonyl (C=O) groups is 3. The molecule has 1 unspecified atom stereocenters. The number of amides is 2. The van der Waals surface area contributed by atoms with Crippen LogP contribution in [0.1, 0.15) is 46.3 Å². The van der Waals surface area contributed by atoms with E-state index in [2.05, 4.69) is 34.9 Å². The Bertz CT molecular complexity index is 1180. The molecule has 180 valence electrons. The van der Waals surface area contributed by atoms with Gasteiger partial charge in [-0.15, -0.1) is 0 Å². The summed E-state index contributed by atoms with van der Waals surface area (Å²) in [5.41, 5.74) is 5.69. The van der Waals surface area contributed by atoms with Crippen molar-refractivity contribution in [3.05, 3.63) is 95.1 Å². The van der Waals surface area contributed by atoms with Gasteiger partial charge in [0.25, 0.3) is 0 Å². The molecular weight excluding hydrogens is 444 g/mol. The Hall–Kier alpha value is -4.13. The van der Waals surface area contributed by atoms with Crippen LogP contribution in [0.4, 0.5) is 4.79 Å². The summed E-state index contributed by atoms with van der Waals surface area (Å²) in [6.45, 7) is 2.37. The van der Waals surface area contributed by atoms with E-state index in [1.54, 1.807) is 12.1 Å². The summed E-state index contributed by atoms with van der Waals surface area (Å²) in [7, 11) is 0. The fourth-order valence-electron chi connectivity index (χ4n) is 4.40. The van der Waals surface area contributed by atoms with E-state index < -0.39 is 18.1 Å². The summed E-state index contributed by atoms with van der Waals surface area (Å²) in [4.78, 5) is 36.0. The number of fused-ring (bicyclic) bond motifs is 3. The minimum absolute atomic E-state index is 0.0467. The van der Waals surface area contributed by atoms with Crippen LogP contribution < -0.4 is 10.6 Å². The first-order chi connectivity index (χ1) is 17.0. The van der Waals surface area contributed by atoms with Gasteiger partial charge in [0, 0.05) is 12.5 Å². The van der Waals surface area contributed by atoms with E-state index in [0.717, 1.165) is 27.8 Å². The van der Waals surface area contributed by atoms with Crippen molar-refractivity contribution in [1.82, 2.24) is 10.6 Å². The van der Waals surface area contributed by atoms with Crippen LogP contribution in [0, 0.1) is 0 Å². The van der Waals surface area contributed by atoms with Crippen LogP contribution in [-0.4, -0.2) is 42.3 Å². The lowest BCUT2D eigenvalue weighted by Gasteiger charge is -2.18. The van der Waals surface area contributed by atoms with E-state index >= 15 is 0 Å². The first kappa shape index (κ1) is 24.0. The molecule has 0 heterocycles. The summed E-state index contributed by atoms with van der Waals surface area (Å²) in [6.07, 6.45) is 0.342. The molecule has 3 aromatic carbocycles. The molecule has 1 aliphatic rings. The predicted octanol–water partition coefficient (Wildman–Crippen LogP) is 4.36. The summed E-state index contributed by atoms with van der Waals surface area (Å²) in [5.74, 6) is -1.31. The second kappa shape index (κ2) is 10.9. The smallest absolute Gasteiger partial charge is 0.407 e. The molecule has 0 radical (unpaired) electrons. The fraction of sp³-hybridized carbons (Fsp3) is 0.250. The van der Waals surface area contributed by atoms with E-state index in [4.69, 9.17) is 9.84 Å². The maximum atomic E-state index is 12.6. The SMILES string of the molecule is CCC(NC(=O)OCC1c2ccccc2-c2ccccc21)C(=O)NCCc1ccc(C(=O)O)cc1. The molecule has 7 heteroatoms. The number of hydrogen-bond acceptors (Lipinski definition) is 4. The highest BCUT2D eigenvalue weighted by atomic mass is 16.5. The molecule has 0 spiro atoms. The van der Waals surface area contributed by atoms with E-state index in [-0.39, 0.29) is 24.0 Å². The molecule has 0 fully saturated rings. The maximum absolute atomic E-state index is 12.6. The van der Waals surface area contributed by atoms with Crippen LogP contribution in [0.2, 0.25) is 0 Å². The Labute approximate surface area is 204 Å². The fourth-order valence-corrected chi connectivity index (χ4v) is 4.40. The molecule has 3 N–H and O–H groups in total. The van der Waals surface area contributed by atoms with Gasteiger partial charge in [-0.25, -0.2) is 9.59 Å². The zero-order valence-electron chi connectivity index (χ0n) is 19.5. The molecule has 0 saturated heterocycles. The molecule has 7 nitrogen and oxygen atoms in total. The van der Waals surface area contributed by atoms with Crippen molar-refractivity contribution in [2.24, 2.45) is 0 Å². The van der Waals surface area contributed by atoms with Crippen molar-refractivity contribution in [3.63, 3.8) is 0 Å². The van der Waals surface area contributed by atoms with Gasteiger partial charge in [0.2, 0.25) is 5.91 Å². The van der Waals surface area contributed by atoms with Gasteiger partial charge in [0.15, 0.2) is 0 Å². The Balaban J connectivity index is 1.28. The second-order valence-corrected chi connectivity index (χ2v) is 8.47. The normalized spacial score (nSPS) is 12.8. The number of benzene rings is 3. The van der Waals surface area contributed by atoms with Crippen molar-refractivity contribution < 1.29 is 24.2 Å². The lowest BCUT2D eigenvalue weighted by atomic mass is 9.98. The number of alkyl carbamates (subject to hydrolysis) is 1. The molecule has 1 atom stereocenters. The number of aromatic carboxylic acids is 1. The van der Waals surface area contributed by atoms with Crippen LogP contribution in [0.5, 0.6) is 0 Å². The van der Waals surface area contributed by atoms with Crippen molar-refractivity contribution >= 4 is 18.0 Å². The molecule has 0 aliphatic heterocycles. The molecule has 35 heavy (non-hydrogen) atoms. The van der Waals surface area contributed by atoms with Crippen molar-refractivity contribution in [2.45, 2.75) is 31.7 Å². The van der Waals surface area contributed by atoms with Gasteiger partial charge in [-0.1, -0.05) is 67.6 Å². The van der Waals surface area contributed by atoms with E-state index in [9.17, 15) is 14.4 Å². The number of ether oxygens (including phenoxy) is 1. The summed E-state index contributed by atoms with van der Waals surface area (Å²) in [6, 6.07) is 22.0. The van der Waals surface area contributed by atoms with Crippen molar-refractivity contribution in [3.8, 4) is 11.1 Å². The van der Waals surface area contributed by atoms with Gasteiger partial charge < -0.3 is 20.5 Å². The van der Waals surface area contributed by atoms with Gasteiger partial charge in [0.05, 0.1) is 5.56 Å². The predicted molar refractivity (Wildman–Crippen MR) is 132 cm³/mol.